The van der Waals surface area contributed by atoms with E-state index in [0.717, 1.165) is 10.6 Å². The third-order valence-electron chi connectivity index (χ3n) is 2.66. The van der Waals surface area contributed by atoms with Crippen molar-refractivity contribution in [1.29, 1.82) is 10.9 Å². The van der Waals surface area contributed by atoms with E-state index < -0.39 is 0 Å². The van der Waals surface area contributed by atoms with Crippen LogP contribution in [-0.2, 0) is 0 Å². The summed E-state index contributed by atoms with van der Waals surface area (Å²) in [6.07, 6.45) is 0. The van der Waals surface area contributed by atoms with E-state index in [2.05, 4.69) is 10.4 Å². The zero-order valence-electron chi connectivity index (χ0n) is 11.2. The molecule has 2 aromatic carbocycles. The van der Waals surface area contributed by atoms with Gasteiger partial charge < -0.3 is 5.32 Å². The maximum atomic E-state index is 12.0. The van der Waals surface area contributed by atoms with E-state index >= 15 is 0 Å². The van der Waals surface area contributed by atoms with Gasteiger partial charge in [0, 0.05) is 16.1 Å². The molecule has 0 bridgehead atoms. The van der Waals surface area contributed by atoms with E-state index in [9.17, 15) is 4.79 Å². The van der Waals surface area contributed by atoms with E-state index in [0.29, 0.717) is 11.3 Å². The minimum Gasteiger partial charge on any atom is -0.322 e. The van der Waals surface area contributed by atoms with E-state index in [-0.39, 0.29) is 11.7 Å². The maximum absolute atomic E-state index is 12.0. The van der Waals surface area contributed by atoms with E-state index in [1.165, 1.54) is 11.8 Å². The standard InChI is InChI=1S/C15H14N4OS/c16-14(19-17)10-21-13-8-6-11(7-9-13)15(20)18-12-4-2-1-3-5-12/h1-9,16-17H,10H2,(H,18,20). The fraction of sp³-hybridized carbons (Fsp3) is 0.0667. The quantitative estimate of drug-likeness (QED) is 0.336. The van der Waals surface area contributed by atoms with Crippen LogP contribution >= 0.6 is 11.8 Å². The van der Waals surface area contributed by atoms with Crippen LogP contribution in [0.2, 0.25) is 0 Å². The number of nitrogens with one attached hydrogen (secondary N) is 3. The van der Waals surface area contributed by atoms with Gasteiger partial charge in [0.05, 0.1) is 5.75 Å². The van der Waals surface area contributed by atoms with Crippen molar-refractivity contribution in [3.8, 4) is 0 Å². The van der Waals surface area contributed by atoms with Crippen LogP contribution < -0.4 is 5.32 Å². The molecule has 6 heteroatoms. The highest BCUT2D eigenvalue weighted by Gasteiger charge is 2.06. The summed E-state index contributed by atoms with van der Waals surface area (Å²) < 4.78 is 0. The average molecular weight is 298 g/mol. The minimum absolute atomic E-state index is 0.0193. The lowest BCUT2D eigenvalue weighted by molar-refractivity contribution is 0.102. The Kier molecular flexibility index (Phi) is 5.22. The molecule has 106 valence electrons. The molecule has 1 amide bonds. The molecule has 0 spiro atoms. The summed E-state index contributed by atoms with van der Waals surface area (Å²) in [4.78, 5) is 13.0. The first-order chi connectivity index (χ1) is 10.2. The summed E-state index contributed by atoms with van der Waals surface area (Å²) in [5, 5.41) is 13.1. The van der Waals surface area contributed by atoms with Crippen molar-refractivity contribution in [2.24, 2.45) is 5.11 Å². The molecule has 0 aliphatic carbocycles. The molecular formula is C15H14N4OS. The Balaban J connectivity index is 1.96. The number of carbonyl (C=O) groups excluding carboxylic acids is 1. The number of hydrogen-bond donors (Lipinski definition) is 3. The first kappa shape index (κ1) is 14.9. The maximum Gasteiger partial charge on any atom is 0.255 e. The second-order valence-electron chi connectivity index (χ2n) is 4.19. The predicted octanol–water partition coefficient (Wildman–Crippen LogP) is 4.04. The molecule has 0 atom stereocenters. The number of para-hydroxylation sites is 1. The second-order valence-corrected chi connectivity index (χ2v) is 5.24. The second kappa shape index (κ2) is 7.35. The van der Waals surface area contributed by atoms with Crippen LogP contribution in [-0.4, -0.2) is 17.5 Å². The molecule has 0 aromatic heterocycles. The number of rotatable bonds is 5. The summed E-state index contributed by atoms with van der Waals surface area (Å²) in [7, 11) is 0. The number of hydrogen-bond acceptors (Lipinski definition) is 4. The van der Waals surface area contributed by atoms with E-state index in [4.69, 9.17) is 10.9 Å². The van der Waals surface area contributed by atoms with Crippen molar-refractivity contribution in [3.05, 3.63) is 60.2 Å². The third-order valence-corrected chi connectivity index (χ3v) is 3.68. The van der Waals surface area contributed by atoms with Crippen LogP contribution in [0.25, 0.3) is 0 Å². The summed E-state index contributed by atoms with van der Waals surface area (Å²) in [5.41, 5.74) is 8.03. The Morgan fingerprint density at radius 3 is 2.38 bits per heavy atom. The average Bonchev–Trinajstić information content (AvgIpc) is 2.54. The first-order valence-corrected chi connectivity index (χ1v) is 7.22. The highest BCUT2D eigenvalue weighted by atomic mass is 32.2. The molecule has 0 saturated heterocycles. The summed E-state index contributed by atoms with van der Waals surface area (Å²) in [6, 6.07) is 16.4. The predicted molar refractivity (Wildman–Crippen MR) is 84.4 cm³/mol. The molecule has 0 aliphatic heterocycles. The molecule has 5 nitrogen and oxygen atoms in total. The molecule has 0 radical (unpaired) electrons. The van der Waals surface area contributed by atoms with E-state index in [1.807, 2.05) is 42.5 Å². The Morgan fingerprint density at radius 2 is 1.76 bits per heavy atom. The van der Waals surface area contributed by atoms with Gasteiger partial charge in [-0.05, 0) is 36.4 Å². The van der Waals surface area contributed by atoms with Crippen LogP contribution in [0.3, 0.4) is 0 Å². The van der Waals surface area contributed by atoms with Crippen molar-refractivity contribution >= 4 is 29.2 Å². The van der Waals surface area contributed by atoms with Gasteiger partial charge in [-0.3, -0.25) is 10.2 Å². The van der Waals surface area contributed by atoms with Crippen molar-refractivity contribution in [3.63, 3.8) is 0 Å². The van der Waals surface area contributed by atoms with Crippen molar-refractivity contribution in [2.75, 3.05) is 11.1 Å². The van der Waals surface area contributed by atoms with Crippen LogP contribution in [0.4, 0.5) is 5.69 Å². The van der Waals surface area contributed by atoms with Gasteiger partial charge >= 0.3 is 0 Å². The van der Waals surface area contributed by atoms with Gasteiger partial charge in [0.25, 0.3) is 5.91 Å². The van der Waals surface area contributed by atoms with Crippen LogP contribution in [0, 0.1) is 10.9 Å². The summed E-state index contributed by atoms with van der Waals surface area (Å²) in [5.74, 6) is 0.205. The number of amidine groups is 1. The number of amides is 1. The Hall–Kier alpha value is -2.47. The van der Waals surface area contributed by atoms with Gasteiger partial charge in [-0.1, -0.05) is 18.2 Å². The lowest BCUT2D eigenvalue weighted by Crippen LogP contribution is -2.11. The molecule has 0 aliphatic rings. The van der Waals surface area contributed by atoms with Crippen molar-refractivity contribution in [2.45, 2.75) is 4.90 Å². The molecule has 2 aromatic rings. The van der Waals surface area contributed by atoms with Gasteiger partial charge in [0.1, 0.15) is 0 Å². The van der Waals surface area contributed by atoms with E-state index in [1.54, 1.807) is 12.1 Å². The van der Waals surface area contributed by atoms with Gasteiger partial charge in [-0.2, -0.15) is 0 Å². The third kappa shape index (κ3) is 4.54. The highest BCUT2D eigenvalue weighted by molar-refractivity contribution is 8.00. The minimum atomic E-state index is -0.161. The highest BCUT2D eigenvalue weighted by Crippen LogP contribution is 2.19. The zero-order valence-corrected chi connectivity index (χ0v) is 12.0. The Labute approximate surface area is 126 Å². The molecule has 0 unspecified atom stereocenters. The lowest BCUT2D eigenvalue weighted by atomic mass is 10.2. The van der Waals surface area contributed by atoms with Gasteiger partial charge in [-0.15, -0.1) is 16.9 Å². The fourth-order valence-electron chi connectivity index (χ4n) is 1.61. The summed E-state index contributed by atoms with van der Waals surface area (Å²) >= 11 is 1.41. The summed E-state index contributed by atoms with van der Waals surface area (Å²) in [6.45, 7) is 0. The molecule has 3 N–H and O–H groups in total. The van der Waals surface area contributed by atoms with Gasteiger partial charge in [0.15, 0.2) is 5.84 Å². The molecule has 2 rings (SSSR count). The Bertz CT molecular complexity index is 640. The van der Waals surface area contributed by atoms with Crippen molar-refractivity contribution < 1.29 is 4.79 Å². The monoisotopic (exact) mass is 298 g/mol. The fourth-order valence-corrected chi connectivity index (χ4v) is 2.31. The number of anilines is 1. The molecule has 0 saturated carbocycles. The molecule has 0 heterocycles. The lowest BCUT2D eigenvalue weighted by Gasteiger charge is -2.06. The molecule has 21 heavy (non-hydrogen) atoms. The number of nitrogens with zero attached hydrogens (tertiary/aromatic N) is 1. The SMILES string of the molecule is N=NC(=N)CSc1ccc(C(=O)Nc2ccccc2)cc1. The largest absolute Gasteiger partial charge is 0.322 e. The topological polar surface area (TPSA) is 89.2 Å². The van der Waals surface area contributed by atoms with Crippen LogP contribution in [0.1, 0.15) is 10.4 Å². The van der Waals surface area contributed by atoms with Gasteiger partial charge in [0.2, 0.25) is 0 Å². The zero-order chi connectivity index (χ0) is 15.1. The number of thioether (sulfide) groups is 1. The van der Waals surface area contributed by atoms with Crippen molar-refractivity contribution in [1.82, 2.24) is 0 Å². The molecule has 0 fully saturated rings. The smallest absolute Gasteiger partial charge is 0.255 e. The Morgan fingerprint density at radius 1 is 1.10 bits per heavy atom. The van der Waals surface area contributed by atoms with Crippen LogP contribution in [0.5, 0.6) is 0 Å². The number of carbonyl (C=O) groups is 1. The molecular weight excluding hydrogens is 284 g/mol. The normalized spacial score (nSPS) is 9.90. The van der Waals surface area contributed by atoms with Gasteiger partial charge in [-0.25, -0.2) is 5.53 Å². The first-order valence-electron chi connectivity index (χ1n) is 6.23. The van der Waals surface area contributed by atoms with Crippen LogP contribution in [0.15, 0.2) is 64.6 Å². The number of benzene rings is 2.